The van der Waals surface area contributed by atoms with Gasteiger partial charge in [0.2, 0.25) is 0 Å². The molecule has 2 rings (SSSR count). The number of aromatic amines is 1. The van der Waals surface area contributed by atoms with Crippen molar-refractivity contribution in [3.8, 4) is 0 Å². The molecule has 98 valence electrons. The second kappa shape index (κ2) is 4.69. The molecule has 0 bridgehead atoms. The number of nitrogens with two attached hydrogens (primary N) is 1. The van der Waals surface area contributed by atoms with Crippen molar-refractivity contribution < 1.29 is 10.0 Å². The first kappa shape index (κ1) is 12.4. The first-order valence-corrected chi connectivity index (χ1v) is 5.21. The van der Waals surface area contributed by atoms with E-state index in [1.807, 2.05) is 0 Å². The monoisotopic (exact) mass is 262 g/mol. The maximum Gasteiger partial charge on any atom is 0.363 e. The number of hydrogen-bond donors (Lipinski definition) is 4. The lowest BCUT2D eigenvalue weighted by molar-refractivity contribution is 0.0989. The minimum absolute atomic E-state index is 0.168. The van der Waals surface area contributed by atoms with E-state index >= 15 is 0 Å². The number of anilines is 2. The molecule has 0 saturated carbocycles. The van der Waals surface area contributed by atoms with Gasteiger partial charge in [-0.2, -0.15) is 0 Å². The third-order valence-corrected chi connectivity index (χ3v) is 2.37. The number of amides is 1. The largest absolute Gasteiger partial charge is 0.421 e. The Labute approximate surface area is 106 Å². The van der Waals surface area contributed by atoms with E-state index in [0.717, 1.165) is 0 Å². The van der Waals surface area contributed by atoms with E-state index in [2.05, 4.69) is 10.3 Å². The quantitative estimate of drug-likeness (QED) is 0.560. The Morgan fingerprint density at radius 2 is 1.89 bits per heavy atom. The van der Waals surface area contributed by atoms with E-state index in [1.165, 1.54) is 0 Å². The highest BCUT2D eigenvalue weighted by atomic mass is 16.5. The molecule has 8 heteroatoms. The van der Waals surface area contributed by atoms with E-state index in [-0.39, 0.29) is 10.5 Å². The van der Waals surface area contributed by atoms with Gasteiger partial charge in [-0.25, -0.2) is 4.79 Å². The number of nitrogens with one attached hydrogen (secondary N) is 2. The molecule has 19 heavy (non-hydrogen) atoms. The van der Waals surface area contributed by atoms with Gasteiger partial charge in [0, 0.05) is 5.69 Å². The van der Waals surface area contributed by atoms with Gasteiger partial charge in [-0.1, -0.05) is 22.9 Å². The van der Waals surface area contributed by atoms with Crippen molar-refractivity contribution in [2.75, 3.05) is 5.32 Å². The smallest absolute Gasteiger partial charge is 0.363 e. The van der Waals surface area contributed by atoms with Gasteiger partial charge in [0.25, 0.3) is 5.91 Å². The zero-order valence-electron chi connectivity index (χ0n) is 9.58. The Morgan fingerprint density at radius 3 is 2.47 bits per heavy atom. The molecular formula is C11H10N4O4. The minimum atomic E-state index is -1.19. The molecule has 5 N–H and O–H groups in total. The first-order chi connectivity index (χ1) is 9.00. The van der Waals surface area contributed by atoms with Crippen molar-refractivity contribution in [2.24, 2.45) is 5.73 Å². The van der Waals surface area contributed by atoms with Gasteiger partial charge in [0.15, 0.2) is 0 Å². The summed E-state index contributed by atoms with van der Waals surface area (Å²) < 4.78 is -0.212. The molecule has 0 saturated heterocycles. The average molecular weight is 262 g/mol. The zero-order valence-corrected chi connectivity index (χ0v) is 9.58. The van der Waals surface area contributed by atoms with E-state index in [1.54, 1.807) is 30.3 Å². The summed E-state index contributed by atoms with van der Waals surface area (Å²) in [7, 11) is 0. The van der Waals surface area contributed by atoms with Crippen LogP contribution < -0.4 is 22.3 Å². The van der Waals surface area contributed by atoms with E-state index in [4.69, 9.17) is 10.9 Å². The number of rotatable bonds is 3. The molecule has 1 aromatic heterocycles. The van der Waals surface area contributed by atoms with Gasteiger partial charge in [0.1, 0.15) is 11.4 Å². The van der Waals surface area contributed by atoms with Crippen molar-refractivity contribution in [1.29, 1.82) is 0 Å². The lowest BCUT2D eigenvalue weighted by atomic mass is 10.2. The summed E-state index contributed by atoms with van der Waals surface area (Å²) in [5, 5.41) is 11.8. The first-order valence-electron chi connectivity index (χ1n) is 5.21. The van der Waals surface area contributed by atoms with Gasteiger partial charge in [0.05, 0.1) is 0 Å². The Kier molecular flexibility index (Phi) is 3.06. The zero-order chi connectivity index (χ0) is 14.0. The fourth-order valence-electron chi connectivity index (χ4n) is 1.52. The number of hydrogen-bond acceptors (Lipinski definition) is 5. The highest BCUT2D eigenvalue weighted by Crippen LogP contribution is 2.14. The maximum absolute atomic E-state index is 11.6. The molecular weight excluding hydrogens is 252 g/mol. The minimum Gasteiger partial charge on any atom is -0.421 e. The van der Waals surface area contributed by atoms with Crippen LogP contribution in [0.3, 0.4) is 0 Å². The summed E-state index contributed by atoms with van der Waals surface area (Å²) in [5.41, 5.74) is 2.80. The fraction of sp³-hybridized carbons (Fsp3) is 0. The molecule has 1 aromatic carbocycles. The van der Waals surface area contributed by atoms with E-state index in [9.17, 15) is 14.4 Å². The highest BCUT2D eigenvalue weighted by molar-refractivity contribution is 5.97. The Morgan fingerprint density at radius 1 is 1.26 bits per heavy atom. The summed E-state index contributed by atoms with van der Waals surface area (Å²) in [6.45, 7) is 0. The predicted molar refractivity (Wildman–Crippen MR) is 66.7 cm³/mol. The molecule has 1 amide bonds. The standard InChI is InChI=1S/C11H10N4O4/c12-8(16)7-9(13-6-4-2-1-3-5-6)14-11(18)15(19)10(7)17/h1-5,13,19H,(H2,12,16)(H,14,18). The number of H-pyrrole nitrogens is 1. The number of carbonyl (C=O) groups excluding carboxylic acids is 1. The van der Waals surface area contributed by atoms with E-state index < -0.39 is 22.7 Å². The summed E-state index contributed by atoms with van der Waals surface area (Å²) in [6, 6.07) is 8.53. The summed E-state index contributed by atoms with van der Waals surface area (Å²) in [4.78, 5) is 36.3. The van der Waals surface area contributed by atoms with Crippen LogP contribution in [0, 0.1) is 0 Å². The molecule has 2 aromatic rings. The lowest BCUT2D eigenvalue weighted by Gasteiger charge is -2.09. The summed E-state index contributed by atoms with van der Waals surface area (Å²) in [6.07, 6.45) is 0. The Balaban J connectivity index is 2.60. The van der Waals surface area contributed by atoms with Crippen molar-refractivity contribution in [3.05, 3.63) is 56.7 Å². The molecule has 0 aliphatic carbocycles. The maximum atomic E-state index is 11.6. The second-order valence-corrected chi connectivity index (χ2v) is 3.65. The molecule has 0 aliphatic rings. The van der Waals surface area contributed by atoms with Crippen LogP contribution in [0.4, 0.5) is 11.5 Å². The van der Waals surface area contributed by atoms with Crippen LogP contribution in [-0.4, -0.2) is 20.8 Å². The lowest BCUT2D eigenvalue weighted by Crippen LogP contribution is -2.39. The molecule has 0 fully saturated rings. The second-order valence-electron chi connectivity index (χ2n) is 3.65. The van der Waals surface area contributed by atoms with Gasteiger partial charge < -0.3 is 16.3 Å². The highest BCUT2D eigenvalue weighted by Gasteiger charge is 2.18. The molecule has 0 radical (unpaired) electrons. The molecule has 0 unspecified atom stereocenters. The number of primary amides is 1. The van der Waals surface area contributed by atoms with Crippen LogP contribution in [0.5, 0.6) is 0 Å². The van der Waals surface area contributed by atoms with Crippen LogP contribution in [0.25, 0.3) is 0 Å². The normalized spacial score (nSPS) is 10.1. The van der Waals surface area contributed by atoms with Gasteiger partial charge >= 0.3 is 11.2 Å². The number of nitrogens with zero attached hydrogens (tertiary/aromatic N) is 1. The van der Waals surface area contributed by atoms with Crippen molar-refractivity contribution in [3.63, 3.8) is 0 Å². The van der Waals surface area contributed by atoms with Crippen LogP contribution in [0.2, 0.25) is 0 Å². The number of aromatic nitrogens is 2. The molecule has 0 atom stereocenters. The Hall–Kier alpha value is -3.03. The molecule has 0 spiro atoms. The number of benzene rings is 1. The third kappa shape index (κ3) is 2.32. The molecule has 0 aliphatic heterocycles. The molecule has 1 heterocycles. The van der Waals surface area contributed by atoms with Crippen molar-refractivity contribution in [2.45, 2.75) is 0 Å². The number of para-hydroxylation sites is 1. The third-order valence-electron chi connectivity index (χ3n) is 2.37. The van der Waals surface area contributed by atoms with Crippen LogP contribution in [-0.2, 0) is 0 Å². The SMILES string of the molecule is NC(=O)c1c(Nc2ccccc2)[nH]c(=O)n(O)c1=O. The average Bonchev–Trinajstić information content (AvgIpc) is 2.37. The van der Waals surface area contributed by atoms with Crippen LogP contribution >= 0.6 is 0 Å². The summed E-state index contributed by atoms with van der Waals surface area (Å²) >= 11 is 0. The molecule has 8 nitrogen and oxygen atoms in total. The van der Waals surface area contributed by atoms with Gasteiger partial charge in [-0.3, -0.25) is 14.6 Å². The predicted octanol–water partition coefficient (Wildman–Crippen LogP) is -0.384. The van der Waals surface area contributed by atoms with Crippen molar-refractivity contribution >= 4 is 17.4 Å². The number of carbonyl (C=O) groups is 1. The van der Waals surface area contributed by atoms with E-state index in [0.29, 0.717) is 5.69 Å². The Bertz CT molecular complexity index is 733. The van der Waals surface area contributed by atoms with Gasteiger partial charge in [-0.05, 0) is 12.1 Å². The van der Waals surface area contributed by atoms with Crippen molar-refractivity contribution in [1.82, 2.24) is 9.71 Å². The topological polar surface area (TPSA) is 130 Å². The van der Waals surface area contributed by atoms with Gasteiger partial charge in [-0.15, -0.1) is 0 Å². The van der Waals surface area contributed by atoms with Crippen LogP contribution in [0.15, 0.2) is 39.9 Å². The summed E-state index contributed by atoms with van der Waals surface area (Å²) in [5.74, 6) is -1.23. The fourth-order valence-corrected chi connectivity index (χ4v) is 1.52. The van der Waals surface area contributed by atoms with Crippen LogP contribution in [0.1, 0.15) is 10.4 Å².